The zero-order valence-corrected chi connectivity index (χ0v) is 17.9. The van der Waals surface area contributed by atoms with Crippen LogP contribution in [0.5, 0.6) is 0 Å². The van der Waals surface area contributed by atoms with Crippen molar-refractivity contribution < 1.29 is 12.9 Å². The molecule has 0 spiro atoms. The average molecular weight is 407 g/mol. The van der Waals surface area contributed by atoms with E-state index < -0.39 is 9.84 Å². The van der Waals surface area contributed by atoms with Gasteiger partial charge in [-0.25, -0.2) is 8.42 Å². The van der Waals surface area contributed by atoms with Crippen LogP contribution in [-0.2, 0) is 22.7 Å². The first-order valence-electron chi connectivity index (χ1n) is 9.54. The SMILES string of the molecule is CCNC(=NCCCc1c(C)noc1C)NCCc1ccc(S(C)(=O)=O)cc1. The van der Waals surface area contributed by atoms with Gasteiger partial charge in [0.25, 0.3) is 0 Å². The number of aliphatic imine (C=N–C) groups is 1. The third-order valence-corrected chi connectivity index (χ3v) is 5.57. The Hall–Kier alpha value is -2.35. The molecule has 154 valence electrons. The topological polar surface area (TPSA) is 96.6 Å². The molecule has 0 fully saturated rings. The van der Waals surface area contributed by atoms with Crippen molar-refractivity contribution in [3.8, 4) is 0 Å². The van der Waals surface area contributed by atoms with Gasteiger partial charge in [0.15, 0.2) is 15.8 Å². The van der Waals surface area contributed by atoms with Crippen LogP contribution in [0.3, 0.4) is 0 Å². The van der Waals surface area contributed by atoms with Gasteiger partial charge in [-0.15, -0.1) is 0 Å². The van der Waals surface area contributed by atoms with E-state index in [-0.39, 0.29) is 0 Å². The summed E-state index contributed by atoms with van der Waals surface area (Å²) in [6.07, 6.45) is 3.82. The molecule has 0 saturated heterocycles. The number of sulfone groups is 1. The number of hydrogen-bond donors (Lipinski definition) is 2. The molecule has 2 N–H and O–H groups in total. The van der Waals surface area contributed by atoms with Gasteiger partial charge in [-0.3, -0.25) is 4.99 Å². The highest BCUT2D eigenvalue weighted by atomic mass is 32.2. The van der Waals surface area contributed by atoms with Crippen LogP contribution in [-0.4, -0.2) is 45.4 Å². The molecule has 0 bridgehead atoms. The third-order valence-electron chi connectivity index (χ3n) is 4.44. The van der Waals surface area contributed by atoms with E-state index in [0.29, 0.717) is 18.0 Å². The van der Waals surface area contributed by atoms with Gasteiger partial charge < -0.3 is 15.2 Å². The Morgan fingerprint density at radius 2 is 1.86 bits per heavy atom. The van der Waals surface area contributed by atoms with E-state index >= 15 is 0 Å². The standard InChI is InChI=1S/C20H30N4O3S/c1-5-21-20(22-13-6-7-19-15(2)24-27-16(19)3)23-14-12-17-8-10-18(11-9-17)28(4,25)26/h8-11H,5-7,12-14H2,1-4H3,(H2,21,22,23). The van der Waals surface area contributed by atoms with Crippen molar-refractivity contribution in [2.75, 3.05) is 25.9 Å². The third kappa shape index (κ3) is 6.67. The summed E-state index contributed by atoms with van der Waals surface area (Å²) < 4.78 is 28.2. The summed E-state index contributed by atoms with van der Waals surface area (Å²) >= 11 is 0. The van der Waals surface area contributed by atoms with Gasteiger partial charge in [-0.2, -0.15) is 0 Å². The summed E-state index contributed by atoms with van der Waals surface area (Å²) in [4.78, 5) is 4.96. The van der Waals surface area contributed by atoms with E-state index in [1.165, 1.54) is 11.8 Å². The molecule has 0 saturated carbocycles. The number of benzene rings is 1. The Labute approximate surface area is 167 Å². The highest BCUT2D eigenvalue weighted by Gasteiger charge is 2.08. The van der Waals surface area contributed by atoms with Gasteiger partial charge >= 0.3 is 0 Å². The zero-order valence-electron chi connectivity index (χ0n) is 17.1. The van der Waals surface area contributed by atoms with Gasteiger partial charge in [0.2, 0.25) is 0 Å². The molecule has 0 radical (unpaired) electrons. The Balaban J connectivity index is 1.81. The fourth-order valence-electron chi connectivity index (χ4n) is 2.88. The number of nitrogens with one attached hydrogen (secondary N) is 2. The molecule has 0 aliphatic rings. The van der Waals surface area contributed by atoms with Crippen LogP contribution < -0.4 is 10.6 Å². The molecule has 0 unspecified atom stereocenters. The van der Waals surface area contributed by atoms with E-state index in [9.17, 15) is 8.42 Å². The molecule has 7 nitrogen and oxygen atoms in total. The molecule has 1 heterocycles. The number of nitrogens with zero attached hydrogens (tertiary/aromatic N) is 2. The number of aromatic nitrogens is 1. The Morgan fingerprint density at radius 3 is 2.43 bits per heavy atom. The van der Waals surface area contributed by atoms with Crippen molar-refractivity contribution in [2.24, 2.45) is 4.99 Å². The maximum absolute atomic E-state index is 11.5. The van der Waals surface area contributed by atoms with E-state index in [1.54, 1.807) is 12.1 Å². The summed E-state index contributed by atoms with van der Waals surface area (Å²) in [7, 11) is -3.15. The molecule has 2 aromatic rings. The van der Waals surface area contributed by atoms with Crippen molar-refractivity contribution in [2.45, 2.75) is 44.9 Å². The summed E-state index contributed by atoms with van der Waals surface area (Å²) in [6, 6.07) is 7.01. The summed E-state index contributed by atoms with van der Waals surface area (Å²) in [5, 5.41) is 10.5. The number of guanidine groups is 1. The molecule has 28 heavy (non-hydrogen) atoms. The Bertz CT molecular complexity index is 867. The van der Waals surface area contributed by atoms with Crippen molar-refractivity contribution in [3.05, 3.63) is 46.8 Å². The predicted octanol–water partition coefficient (Wildman–Crippen LogP) is 2.43. The van der Waals surface area contributed by atoms with E-state index in [1.807, 2.05) is 32.9 Å². The quantitative estimate of drug-likeness (QED) is 0.377. The minimum absolute atomic E-state index is 0.345. The molecule has 0 aliphatic carbocycles. The van der Waals surface area contributed by atoms with Crippen LogP contribution in [0.1, 0.15) is 35.9 Å². The largest absolute Gasteiger partial charge is 0.361 e. The second-order valence-electron chi connectivity index (χ2n) is 6.76. The summed E-state index contributed by atoms with van der Waals surface area (Å²) in [5.41, 5.74) is 3.20. The summed E-state index contributed by atoms with van der Waals surface area (Å²) in [5.74, 6) is 1.67. The van der Waals surface area contributed by atoms with Gasteiger partial charge in [0, 0.05) is 31.5 Å². The summed E-state index contributed by atoms with van der Waals surface area (Å²) in [6.45, 7) is 8.15. The Morgan fingerprint density at radius 1 is 1.14 bits per heavy atom. The lowest BCUT2D eigenvalue weighted by atomic mass is 10.1. The first kappa shape index (κ1) is 21.9. The normalized spacial score (nSPS) is 12.2. The number of aryl methyl sites for hydroxylation is 2. The molecular formula is C20H30N4O3S. The average Bonchev–Trinajstić information content (AvgIpc) is 2.96. The van der Waals surface area contributed by atoms with Gasteiger partial charge in [0.1, 0.15) is 5.76 Å². The van der Waals surface area contributed by atoms with E-state index in [0.717, 1.165) is 48.8 Å². The fourth-order valence-corrected chi connectivity index (χ4v) is 3.51. The van der Waals surface area contributed by atoms with Crippen LogP contribution in [0.2, 0.25) is 0 Å². The maximum Gasteiger partial charge on any atom is 0.191 e. The van der Waals surface area contributed by atoms with E-state index in [2.05, 4.69) is 20.8 Å². The van der Waals surface area contributed by atoms with Gasteiger partial charge in [-0.1, -0.05) is 17.3 Å². The van der Waals surface area contributed by atoms with Crippen LogP contribution in [0, 0.1) is 13.8 Å². The van der Waals surface area contributed by atoms with Crippen molar-refractivity contribution in [1.82, 2.24) is 15.8 Å². The zero-order chi connectivity index (χ0) is 20.6. The lowest BCUT2D eigenvalue weighted by molar-refractivity contribution is 0.392. The van der Waals surface area contributed by atoms with Crippen LogP contribution >= 0.6 is 0 Å². The van der Waals surface area contributed by atoms with Crippen LogP contribution in [0.15, 0.2) is 38.7 Å². The highest BCUT2D eigenvalue weighted by molar-refractivity contribution is 7.90. The second kappa shape index (κ2) is 10.3. The molecule has 2 rings (SSSR count). The van der Waals surface area contributed by atoms with Crippen molar-refractivity contribution >= 4 is 15.8 Å². The molecule has 8 heteroatoms. The molecule has 0 aliphatic heterocycles. The van der Waals surface area contributed by atoms with Gasteiger partial charge in [-0.05, 0) is 57.7 Å². The minimum atomic E-state index is -3.15. The van der Waals surface area contributed by atoms with Gasteiger partial charge in [0.05, 0.1) is 10.6 Å². The Kier molecular flexibility index (Phi) is 8.04. The first-order valence-corrected chi connectivity index (χ1v) is 11.4. The fraction of sp³-hybridized carbons (Fsp3) is 0.500. The highest BCUT2D eigenvalue weighted by Crippen LogP contribution is 2.14. The molecule has 1 aromatic heterocycles. The van der Waals surface area contributed by atoms with Crippen LogP contribution in [0.4, 0.5) is 0 Å². The molecule has 0 amide bonds. The number of rotatable bonds is 9. The number of hydrogen-bond acceptors (Lipinski definition) is 5. The van der Waals surface area contributed by atoms with E-state index in [4.69, 9.17) is 4.52 Å². The predicted molar refractivity (Wildman–Crippen MR) is 112 cm³/mol. The smallest absolute Gasteiger partial charge is 0.191 e. The lowest BCUT2D eigenvalue weighted by Crippen LogP contribution is -2.38. The van der Waals surface area contributed by atoms with Crippen LogP contribution in [0.25, 0.3) is 0 Å². The second-order valence-corrected chi connectivity index (χ2v) is 8.78. The first-order chi connectivity index (χ1) is 13.3. The lowest BCUT2D eigenvalue weighted by Gasteiger charge is -2.11. The molecular weight excluding hydrogens is 376 g/mol. The monoisotopic (exact) mass is 406 g/mol. The minimum Gasteiger partial charge on any atom is -0.361 e. The van der Waals surface area contributed by atoms with Crippen molar-refractivity contribution in [3.63, 3.8) is 0 Å². The molecule has 0 atom stereocenters. The maximum atomic E-state index is 11.5. The molecule has 1 aromatic carbocycles. The van der Waals surface area contributed by atoms with Crippen molar-refractivity contribution in [1.29, 1.82) is 0 Å².